The van der Waals surface area contributed by atoms with Gasteiger partial charge in [0.05, 0.1) is 24.2 Å². The fourth-order valence-corrected chi connectivity index (χ4v) is 9.79. The van der Waals surface area contributed by atoms with Gasteiger partial charge >= 0.3 is 0 Å². The smallest absolute Gasteiger partial charge is 0.251 e. The molecule has 18 nitrogen and oxygen atoms in total. The number of hydrogen-bond donors (Lipinski definition) is 7. The highest BCUT2D eigenvalue weighted by molar-refractivity contribution is 6.01. The number of carbonyl (C=O) groups is 8. The molecular weight excluding hydrogens is 917 g/mol. The zero-order valence-corrected chi connectivity index (χ0v) is 42.9. The predicted octanol–water partition coefficient (Wildman–Crippen LogP) is 2.97. The topological polar surface area (TPSA) is 230 Å². The van der Waals surface area contributed by atoms with Crippen LogP contribution in [-0.4, -0.2) is 145 Å². The van der Waals surface area contributed by atoms with Crippen LogP contribution in [-0.2, 0) is 28.8 Å². The number of benzene rings is 3. The molecule has 2 aliphatic heterocycles. The third-order valence-electron chi connectivity index (χ3n) is 14.5. The van der Waals surface area contributed by atoms with Gasteiger partial charge in [-0.3, -0.25) is 43.3 Å². The third-order valence-corrected chi connectivity index (χ3v) is 14.5. The average molecular weight is 991 g/mol. The normalized spacial score (nSPS) is 21.6. The first-order chi connectivity index (χ1) is 34.4. The molecule has 2 saturated heterocycles. The summed E-state index contributed by atoms with van der Waals surface area (Å²) >= 11 is 0. The van der Waals surface area contributed by atoms with E-state index in [2.05, 4.69) is 37.2 Å². The lowest BCUT2D eigenvalue weighted by Gasteiger charge is -2.35. The maximum atomic E-state index is 14.8. The summed E-state index contributed by atoms with van der Waals surface area (Å²) in [4.78, 5) is 116. The molecule has 72 heavy (non-hydrogen) atoms. The minimum Gasteiger partial charge on any atom is -0.348 e. The number of likely N-dealkylation sites (tertiary alicyclic amines) is 2. The van der Waals surface area contributed by atoms with E-state index in [1.807, 2.05) is 74.5 Å². The van der Waals surface area contributed by atoms with Crippen molar-refractivity contribution in [1.82, 2.24) is 51.9 Å². The molecular formula is C54H74N10O8. The first-order valence-corrected chi connectivity index (χ1v) is 25.3. The summed E-state index contributed by atoms with van der Waals surface area (Å²) in [6.45, 7) is 8.69. The Labute approximate surface area is 423 Å². The van der Waals surface area contributed by atoms with Gasteiger partial charge in [-0.15, -0.1) is 0 Å². The van der Waals surface area contributed by atoms with Crippen molar-refractivity contribution >= 4 is 47.3 Å². The second-order valence-corrected chi connectivity index (χ2v) is 20.0. The van der Waals surface area contributed by atoms with Crippen molar-refractivity contribution in [2.45, 2.75) is 140 Å². The standard InChI is InChI=1S/C54H74N10O8/c1-32(37-19-12-9-13-20-37)56-51(69)44-28-42(30-63(44)53(71)35(4)58-47(65)34(3)55-6)59-49(67)40-25-18-26-41(27-40)50(68)60-43-29-45(52(70)57-33(2)38-21-14-10-15-22-38)64(31-43)54(72)46(39-23-16-11-17-24-39)61-48(66)36(5)62(7)8/h9-10,12-15,18-22,25-27,32-36,39,42-46,55H,11,16-17,23-24,28-31H2,1-8H3,(H,56,69)(H,57,70)(H,58,65)(H,59,67)(H,60,68)(H,61,66)/t32-,33-,34+,35+,36+,42+,43+,44+,45+,46+/m1/s1. The summed E-state index contributed by atoms with van der Waals surface area (Å²) in [5, 5.41) is 20.7. The number of amides is 8. The van der Waals surface area contributed by atoms with E-state index in [0.29, 0.717) is 0 Å². The number of rotatable bonds is 19. The zero-order valence-electron chi connectivity index (χ0n) is 42.9. The van der Waals surface area contributed by atoms with E-state index >= 15 is 0 Å². The maximum absolute atomic E-state index is 14.8. The Morgan fingerprint density at radius 1 is 0.556 bits per heavy atom. The molecule has 0 unspecified atom stereocenters. The van der Waals surface area contributed by atoms with Crippen molar-refractivity contribution in [3.05, 3.63) is 107 Å². The molecule has 2 heterocycles. The summed E-state index contributed by atoms with van der Waals surface area (Å²) in [6.07, 6.45) is 4.58. The van der Waals surface area contributed by atoms with Crippen LogP contribution in [0.5, 0.6) is 0 Å². The SMILES string of the molecule is CN[C@@H](C)C(=O)N[C@@H](C)C(=O)N1C[C@@H](NC(=O)c2cccc(C(=O)N[C@H]3C[C@@H](C(=O)N[C@H](C)c4ccccc4)N(C(=O)[C@@H](NC(=O)[C@H](C)N(C)C)C4CCCCC4)C3)c2)C[C@H]1C(=O)N[C@H](C)c1ccccc1. The Morgan fingerprint density at radius 3 is 1.49 bits per heavy atom. The van der Waals surface area contributed by atoms with Crippen LogP contribution in [0.2, 0.25) is 0 Å². The largest absolute Gasteiger partial charge is 0.348 e. The van der Waals surface area contributed by atoms with Crippen LogP contribution in [0.15, 0.2) is 84.9 Å². The van der Waals surface area contributed by atoms with Gasteiger partial charge in [0.25, 0.3) is 11.8 Å². The monoisotopic (exact) mass is 991 g/mol. The number of nitrogens with one attached hydrogen (secondary N) is 7. The van der Waals surface area contributed by atoms with E-state index in [0.717, 1.165) is 43.2 Å². The van der Waals surface area contributed by atoms with Gasteiger partial charge in [-0.1, -0.05) is 86.0 Å². The van der Waals surface area contributed by atoms with Crippen molar-refractivity contribution in [2.75, 3.05) is 34.2 Å². The second kappa shape index (κ2) is 25.1. The number of carbonyl (C=O) groups excluding carboxylic acids is 8. The van der Waals surface area contributed by atoms with Gasteiger partial charge in [-0.05, 0) is 117 Å². The average Bonchev–Trinajstić information content (AvgIpc) is 4.02. The molecule has 3 aliphatic rings. The summed E-state index contributed by atoms with van der Waals surface area (Å²) in [5.74, 6) is -3.51. The van der Waals surface area contributed by atoms with Crippen molar-refractivity contribution < 1.29 is 38.4 Å². The highest BCUT2D eigenvalue weighted by Crippen LogP contribution is 2.30. The van der Waals surface area contributed by atoms with E-state index in [-0.39, 0.29) is 78.7 Å². The van der Waals surface area contributed by atoms with Crippen molar-refractivity contribution in [3.63, 3.8) is 0 Å². The van der Waals surface area contributed by atoms with Crippen LogP contribution >= 0.6 is 0 Å². The van der Waals surface area contributed by atoms with E-state index in [1.54, 1.807) is 65.0 Å². The molecule has 10 atom stereocenters. The van der Waals surface area contributed by atoms with Crippen molar-refractivity contribution in [1.29, 1.82) is 0 Å². The van der Waals surface area contributed by atoms with Gasteiger partial charge in [0.1, 0.15) is 24.2 Å². The molecule has 8 amide bonds. The Bertz CT molecular complexity index is 2400. The predicted molar refractivity (Wildman–Crippen MR) is 273 cm³/mol. The summed E-state index contributed by atoms with van der Waals surface area (Å²) in [6, 6.07) is 18.1. The molecule has 18 heteroatoms. The van der Waals surface area contributed by atoms with Crippen LogP contribution < -0.4 is 37.2 Å². The van der Waals surface area contributed by atoms with Crippen LogP contribution in [0.25, 0.3) is 0 Å². The van der Waals surface area contributed by atoms with Gasteiger partial charge in [0, 0.05) is 36.3 Å². The van der Waals surface area contributed by atoms with Crippen molar-refractivity contribution in [2.24, 2.45) is 5.92 Å². The molecule has 3 aromatic carbocycles. The highest BCUT2D eigenvalue weighted by atomic mass is 16.2. The van der Waals surface area contributed by atoms with Gasteiger partial charge in [0.15, 0.2) is 0 Å². The van der Waals surface area contributed by atoms with E-state index in [1.165, 1.54) is 15.9 Å². The zero-order chi connectivity index (χ0) is 52.2. The van der Waals surface area contributed by atoms with E-state index in [9.17, 15) is 38.4 Å². The summed E-state index contributed by atoms with van der Waals surface area (Å²) in [5.41, 5.74) is 2.06. The third kappa shape index (κ3) is 13.8. The van der Waals surface area contributed by atoms with Crippen LogP contribution in [0.1, 0.15) is 123 Å². The van der Waals surface area contributed by atoms with Gasteiger partial charge in [-0.25, -0.2) is 0 Å². The minimum absolute atomic E-state index is 0.0114. The van der Waals surface area contributed by atoms with E-state index < -0.39 is 72.0 Å². The van der Waals surface area contributed by atoms with E-state index in [4.69, 9.17) is 0 Å². The number of likely N-dealkylation sites (N-methyl/N-ethyl adjacent to an activating group) is 2. The lowest BCUT2D eigenvalue weighted by atomic mass is 9.83. The Hall–Kier alpha value is -6.66. The molecule has 7 N–H and O–H groups in total. The minimum atomic E-state index is -0.969. The second-order valence-electron chi connectivity index (χ2n) is 20.0. The molecule has 3 fully saturated rings. The first-order valence-electron chi connectivity index (χ1n) is 25.3. The number of hydrogen-bond acceptors (Lipinski definition) is 10. The van der Waals surface area contributed by atoms with Crippen LogP contribution in [0, 0.1) is 5.92 Å². The Morgan fingerprint density at radius 2 is 1.03 bits per heavy atom. The maximum Gasteiger partial charge on any atom is 0.251 e. The number of nitrogens with zero attached hydrogens (tertiary/aromatic N) is 3. The van der Waals surface area contributed by atoms with Gasteiger partial charge in [-0.2, -0.15) is 0 Å². The molecule has 3 aromatic rings. The van der Waals surface area contributed by atoms with Crippen molar-refractivity contribution in [3.8, 4) is 0 Å². The molecule has 0 radical (unpaired) electrons. The Balaban J connectivity index is 1.17. The highest BCUT2D eigenvalue weighted by Gasteiger charge is 2.46. The lowest BCUT2D eigenvalue weighted by Crippen LogP contribution is -2.58. The van der Waals surface area contributed by atoms with Gasteiger partial charge in [0.2, 0.25) is 35.4 Å². The molecule has 388 valence electrons. The van der Waals surface area contributed by atoms with Crippen LogP contribution in [0.4, 0.5) is 0 Å². The molecule has 6 rings (SSSR count). The lowest BCUT2D eigenvalue weighted by molar-refractivity contribution is -0.143. The molecule has 0 bridgehead atoms. The van der Waals surface area contributed by atoms with Crippen LogP contribution in [0.3, 0.4) is 0 Å². The molecule has 0 spiro atoms. The quantitative estimate of drug-likeness (QED) is 0.0929. The first kappa shape index (κ1) is 54.7. The Kier molecular flexibility index (Phi) is 19.1. The fourth-order valence-electron chi connectivity index (χ4n) is 9.79. The summed E-state index contributed by atoms with van der Waals surface area (Å²) < 4.78 is 0. The molecule has 1 aliphatic carbocycles. The molecule has 1 saturated carbocycles. The molecule has 0 aromatic heterocycles. The summed E-state index contributed by atoms with van der Waals surface area (Å²) in [7, 11) is 5.22. The van der Waals surface area contributed by atoms with Gasteiger partial charge < -0.3 is 47.0 Å². The fraction of sp³-hybridized carbons (Fsp3) is 0.519.